The van der Waals surface area contributed by atoms with Crippen LogP contribution < -0.4 is 0 Å². The summed E-state index contributed by atoms with van der Waals surface area (Å²) in [4.78, 5) is 4.24. The van der Waals surface area contributed by atoms with Gasteiger partial charge in [0.25, 0.3) is 0 Å². The Morgan fingerprint density at radius 2 is 1.59 bits per heavy atom. The van der Waals surface area contributed by atoms with Gasteiger partial charge >= 0.3 is 6.18 Å². The minimum Gasteiger partial charge on any atom is -0.386 e. The summed E-state index contributed by atoms with van der Waals surface area (Å²) < 4.78 is 42.4. The number of aromatic nitrogens is 2. The van der Waals surface area contributed by atoms with Crippen molar-refractivity contribution < 1.29 is 18.3 Å². The summed E-state index contributed by atoms with van der Waals surface area (Å²) in [6, 6.07) is 18.5. The third-order valence-corrected chi connectivity index (χ3v) is 4.88. The topological polar surface area (TPSA) is 38.1 Å². The lowest BCUT2D eigenvalue weighted by molar-refractivity contribution is -0.137. The summed E-state index contributed by atoms with van der Waals surface area (Å²) >= 11 is 0. The Morgan fingerprint density at radius 1 is 0.862 bits per heavy atom. The Morgan fingerprint density at radius 3 is 2.24 bits per heavy atom. The van der Waals surface area contributed by atoms with Crippen LogP contribution in [0, 0.1) is 0 Å². The number of rotatable bonds is 3. The van der Waals surface area contributed by atoms with Crippen LogP contribution in [-0.4, -0.2) is 14.7 Å². The molecule has 0 atom stereocenters. The molecule has 0 aliphatic carbocycles. The van der Waals surface area contributed by atoms with Crippen molar-refractivity contribution in [1.29, 1.82) is 0 Å². The molecule has 0 unspecified atom stereocenters. The molecule has 0 aliphatic heterocycles. The monoisotopic (exact) mass is 396 g/mol. The molecule has 0 spiro atoms. The fourth-order valence-corrected chi connectivity index (χ4v) is 3.38. The second-order valence-electron chi connectivity index (χ2n) is 7.48. The molecule has 29 heavy (non-hydrogen) atoms. The van der Waals surface area contributed by atoms with E-state index in [1.807, 2.05) is 30.3 Å². The Hall–Kier alpha value is -3.12. The molecule has 1 heterocycles. The highest BCUT2D eigenvalue weighted by molar-refractivity contribution is 5.94. The van der Waals surface area contributed by atoms with Crippen molar-refractivity contribution in [2.45, 2.75) is 25.6 Å². The van der Waals surface area contributed by atoms with Gasteiger partial charge in [0.15, 0.2) is 0 Å². The summed E-state index contributed by atoms with van der Waals surface area (Å²) in [7, 11) is 0. The van der Waals surface area contributed by atoms with E-state index in [1.165, 1.54) is 6.33 Å². The molecule has 0 bridgehead atoms. The van der Waals surface area contributed by atoms with Gasteiger partial charge in [0.1, 0.15) is 6.33 Å². The summed E-state index contributed by atoms with van der Waals surface area (Å²) in [5.41, 5.74) is 1.37. The largest absolute Gasteiger partial charge is 0.416 e. The average Bonchev–Trinajstić information content (AvgIpc) is 3.11. The first-order valence-corrected chi connectivity index (χ1v) is 9.11. The number of benzene rings is 3. The quantitative estimate of drug-likeness (QED) is 0.465. The summed E-state index contributed by atoms with van der Waals surface area (Å²) in [6.45, 7) is 3.28. The van der Waals surface area contributed by atoms with Gasteiger partial charge in [0.2, 0.25) is 0 Å². The Kier molecular flexibility index (Phi) is 4.46. The van der Waals surface area contributed by atoms with E-state index in [2.05, 4.69) is 4.98 Å². The van der Waals surface area contributed by atoms with Crippen LogP contribution in [0.2, 0.25) is 0 Å². The van der Waals surface area contributed by atoms with Crippen LogP contribution in [0.15, 0.2) is 73.1 Å². The number of imidazole rings is 1. The molecule has 0 saturated carbocycles. The second-order valence-corrected chi connectivity index (χ2v) is 7.48. The van der Waals surface area contributed by atoms with Gasteiger partial charge in [0, 0.05) is 11.3 Å². The van der Waals surface area contributed by atoms with E-state index in [1.54, 1.807) is 42.7 Å². The van der Waals surface area contributed by atoms with Gasteiger partial charge in [-0.3, -0.25) is 4.57 Å². The molecule has 1 aromatic heterocycles. The summed E-state index contributed by atoms with van der Waals surface area (Å²) in [5, 5.41) is 10.4. The molecule has 4 rings (SSSR count). The molecule has 1 N–H and O–H groups in total. The van der Waals surface area contributed by atoms with Crippen LogP contribution in [0.1, 0.15) is 25.0 Å². The van der Waals surface area contributed by atoms with Crippen LogP contribution >= 0.6 is 0 Å². The van der Waals surface area contributed by atoms with Crippen LogP contribution in [0.5, 0.6) is 0 Å². The summed E-state index contributed by atoms with van der Waals surface area (Å²) in [6.07, 6.45) is -2.96. The maximum Gasteiger partial charge on any atom is 0.416 e. The highest BCUT2D eigenvalue weighted by Gasteiger charge is 2.32. The Balaban J connectivity index is 2.04. The van der Waals surface area contributed by atoms with Gasteiger partial charge in [-0.05, 0) is 55.3 Å². The number of para-hydroxylation sites is 1. The fraction of sp³-hybridized carbons (Fsp3) is 0.174. The summed E-state index contributed by atoms with van der Waals surface area (Å²) in [5.74, 6) is 0. The zero-order chi connectivity index (χ0) is 20.8. The van der Waals surface area contributed by atoms with E-state index in [9.17, 15) is 18.3 Å². The van der Waals surface area contributed by atoms with E-state index in [-0.39, 0.29) is 5.52 Å². The molecule has 0 fully saturated rings. The molecule has 6 heteroatoms. The number of aliphatic hydroxyl groups is 1. The zero-order valence-corrected chi connectivity index (χ0v) is 15.9. The van der Waals surface area contributed by atoms with Gasteiger partial charge < -0.3 is 5.11 Å². The number of halogens is 3. The standard InChI is InChI=1S/C23H19F3N2O/c1-22(2,29)16-8-6-7-15(11-16)19-12-17(23(24,25)26)13-20-21(19)28(14-27-20)18-9-4-3-5-10-18/h3-14,29H,1-2H3. The van der Waals surface area contributed by atoms with E-state index in [0.29, 0.717) is 22.2 Å². The van der Waals surface area contributed by atoms with Crippen LogP contribution in [0.25, 0.3) is 27.8 Å². The van der Waals surface area contributed by atoms with Crippen LogP contribution in [0.3, 0.4) is 0 Å². The number of alkyl halides is 3. The third-order valence-electron chi connectivity index (χ3n) is 4.88. The van der Waals surface area contributed by atoms with Crippen LogP contribution in [0.4, 0.5) is 13.2 Å². The molecule has 0 saturated heterocycles. The molecule has 4 aromatic rings. The first-order chi connectivity index (χ1) is 13.6. The maximum atomic E-state index is 13.5. The molecule has 148 valence electrons. The SMILES string of the molecule is CC(C)(O)c1cccc(-c2cc(C(F)(F)F)cc3ncn(-c4ccccc4)c23)c1. The predicted octanol–water partition coefficient (Wildman–Crippen LogP) is 5.94. The molecule has 0 radical (unpaired) electrons. The molecule has 3 nitrogen and oxygen atoms in total. The van der Waals surface area contributed by atoms with E-state index in [0.717, 1.165) is 17.8 Å². The lowest BCUT2D eigenvalue weighted by Crippen LogP contribution is -2.15. The van der Waals surface area contributed by atoms with Crippen molar-refractivity contribution in [3.63, 3.8) is 0 Å². The lowest BCUT2D eigenvalue weighted by atomic mass is 9.93. The molecule has 3 aromatic carbocycles. The van der Waals surface area contributed by atoms with Crippen molar-refractivity contribution in [2.75, 3.05) is 0 Å². The lowest BCUT2D eigenvalue weighted by Gasteiger charge is -2.19. The van der Waals surface area contributed by atoms with Gasteiger partial charge in [-0.1, -0.05) is 36.4 Å². The van der Waals surface area contributed by atoms with Gasteiger partial charge in [-0.25, -0.2) is 4.98 Å². The first-order valence-electron chi connectivity index (χ1n) is 9.11. The third kappa shape index (κ3) is 3.63. The van der Waals surface area contributed by atoms with Crippen molar-refractivity contribution in [3.05, 3.63) is 84.2 Å². The zero-order valence-electron chi connectivity index (χ0n) is 15.9. The molecule has 0 amide bonds. The minimum absolute atomic E-state index is 0.257. The van der Waals surface area contributed by atoms with Gasteiger partial charge in [-0.2, -0.15) is 13.2 Å². The van der Waals surface area contributed by atoms with Crippen molar-refractivity contribution >= 4 is 11.0 Å². The maximum absolute atomic E-state index is 13.5. The van der Waals surface area contributed by atoms with Crippen molar-refractivity contribution in [1.82, 2.24) is 9.55 Å². The van der Waals surface area contributed by atoms with Crippen molar-refractivity contribution in [3.8, 4) is 16.8 Å². The Labute approximate surface area is 166 Å². The highest BCUT2D eigenvalue weighted by Crippen LogP contribution is 2.38. The molecule has 0 aliphatic rings. The smallest absolute Gasteiger partial charge is 0.386 e. The number of nitrogens with zero attached hydrogens (tertiary/aromatic N) is 2. The number of hydrogen-bond donors (Lipinski definition) is 1. The minimum atomic E-state index is -4.49. The van der Waals surface area contributed by atoms with Gasteiger partial charge in [-0.15, -0.1) is 0 Å². The normalized spacial score (nSPS) is 12.5. The second kappa shape index (κ2) is 6.74. The van der Waals surface area contributed by atoms with Crippen molar-refractivity contribution in [2.24, 2.45) is 0 Å². The Bertz CT molecular complexity index is 1170. The predicted molar refractivity (Wildman–Crippen MR) is 107 cm³/mol. The number of hydrogen-bond acceptors (Lipinski definition) is 2. The molecular formula is C23H19F3N2O. The van der Waals surface area contributed by atoms with E-state index < -0.39 is 17.3 Å². The van der Waals surface area contributed by atoms with E-state index in [4.69, 9.17) is 0 Å². The fourth-order valence-electron chi connectivity index (χ4n) is 3.38. The highest BCUT2D eigenvalue weighted by atomic mass is 19.4. The average molecular weight is 396 g/mol. The van der Waals surface area contributed by atoms with Crippen LogP contribution in [-0.2, 0) is 11.8 Å². The van der Waals surface area contributed by atoms with Gasteiger partial charge in [0.05, 0.1) is 22.2 Å². The number of fused-ring (bicyclic) bond motifs is 1. The molecular weight excluding hydrogens is 377 g/mol. The van der Waals surface area contributed by atoms with E-state index >= 15 is 0 Å². The first kappa shape index (κ1) is 19.2.